The molecule has 1 aromatic heterocycles. The quantitative estimate of drug-likeness (QED) is 0.408. The van der Waals surface area contributed by atoms with Gasteiger partial charge in [0.2, 0.25) is 0 Å². The van der Waals surface area contributed by atoms with Crippen LogP contribution in [0.2, 0.25) is 0 Å². The minimum absolute atomic E-state index is 0. The lowest BCUT2D eigenvalue weighted by atomic mass is 9.78. The van der Waals surface area contributed by atoms with Crippen LogP contribution in [0.3, 0.4) is 0 Å². The summed E-state index contributed by atoms with van der Waals surface area (Å²) in [4.78, 5) is 11.7. The Morgan fingerprint density at radius 3 is 2.88 bits per heavy atom. The number of pyridine rings is 1. The number of likely N-dealkylation sites (tertiary alicyclic amines) is 1. The number of nitrogens with one attached hydrogen (secondary N) is 1. The predicted molar refractivity (Wildman–Crippen MR) is 113 cm³/mol. The largest absolute Gasteiger partial charge is 0.357 e. The monoisotopic (exact) mass is 444 g/mol. The summed E-state index contributed by atoms with van der Waals surface area (Å²) < 4.78 is 0. The molecule has 1 aliphatic rings. The van der Waals surface area contributed by atoms with Crippen LogP contribution in [-0.2, 0) is 6.42 Å². The highest BCUT2D eigenvalue weighted by atomic mass is 127. The van der Waals surface area contributed by atoms with Crippen LogP contribution in [0.15, 0.2) is 29.4 Å². The van der Waals surface area contributed by atoms with Crippen LogP contribution in [-0.4, -0.2) is 42.0 Å². The lowest BCUT2D eigenvalue weighted by molar-refractivity contribution is 0.142. The fourth-order valence-electron chi connectivity index (χ4n) is 3.55. The molecule has 2 rings (SSSR count). The Bertz CT molecular complexity index is 487. The van der Waals surface area contributed by atoms with Crippen LogP contribution in [0, 0.1) is 5.41 Å². The van der Waals surface area contributed by atoms with Crippen molar-refractivity contribution in [2.75, 3.05) is 26.2 Å². The van der Waals surface area contributed by atoms with E-state index >= 15 is 0 Å². The zero-order chi connectivity index (χ0) is 16.5. The summed E-state index contributed by atoms with van der Waals surface area (Å²) in [6.07, 6.45) is 7.92. The van der Waals surface area contributed by atoms with Crippen molar-refractivity contribution in [3.63, 3.8) is 0 Å². The van der Waals surface area contributed by atoms with E-state index < -0.39 is 0 Å². The van der Waals surface area contributed by atoms with Crippen molar-refractivity contribution in [2.24, 2.45) is 10.4 Å². The maximum Gasteiger partial charge on any atom is 0.193 e. The van der Waals surface area contributed by atoms with Crippen molar-refractivity contribution in [1.82, 2.24) is 15.2 Å². The molecule has 4 nitrogen and oxygen atoms in total. The molecular formula is C19H33IN4. The molecule has 0 aliphatic carbocycles. The molecule has 0 amide bonds. The lowest BCUT2D eigenvalue weighted by Crippen LogP contribution is -2.49. The molecule has 1 atom stereocenters. The van der Waals surface area contributed by atoms with Gasteiger partial charge in [0.15, 0.2) is 5.96 Å². The summed E-state index contributed by atoms with van der Waals surface area (Å²) in [5, 5.41) is 3.47. The first-order valence-electron chi connectivity index (χ1n) is 9.10. The zero-order valence-electron chi connectivity index (χ0n) is 15.4. The molecule has 5 heteroatoms. The summed E-state index contributed by atoms with van der Waals surface area (Å²) >= 11 is 0. The Morgan fingerprint density at radius 1 is 1.38 bits per heavy atom. The SMILES string of the molecule is CCCC1(C)CCCN(C(=NCCc2ccccn2)NCC)C1.I. The summed E-state index contributed by atoms with van der Waals surface area (Å²) in [5.74, 6) is 1.07. The van der Waals surface area contributed by atoms with Crippen LogP contribution in [0.1, 0.15) is 52.1 Å². The number of aliphatic imine (C=N–C) groups is 1. The van der Waals surface area contributed by atoms with E-state index in [-0.39, 0.29) is 24.0 Å². The van der Waals surface area contributed by atoms with Gasteiger partial charge in [0, 0.05) is 44.5 Å². The second kappa shape index (κ2) is 10.9. The van der Waals surface area contributed by atoms with Gasteiger partial charge in [-0.2, -0.15) is 0 Å². The summed E-state index contributed by atoms with van der Waals surface area (Å²) in [6.45, 7) is 10.8. The van der Waals surface area contributed by atoms with Gasteiger partial charge in [0.05, 0.1) is 0 Å². The van der Waals surface area contributed by atoms with Gasteiger partial charge < -0.3 is 10.2 Å². The van der Waals surface area contributed by atoms with E-state index in [1.807, 2.05) is 18.3 Å². The number of halogens is 1. The van der Waals surface area contributed by atoms with Gasteiger partial charge in [-0.1, -0.05) is 26.3 Å². The molecule has 2 heterocycles. The topological polar surface area (TPSA) is 40.5 Å². The predicted octanol–water partition coefficient (Wildman–Crippen LogP) is 4.11. The van der Waals surface area contributed by atoms with Gasteiger partial charge in [-0.3, -0.25) is 9.98 Å². The maximum absolute atomic E-state index is 4.85. The first-order valence-corrected chi connectivity index (χ1v) is 9.10. The van der Waals surface area contributed by atoms with Crippen LogP contribution >= 0.6 is 24.0 Å². The van der Waals surface area contributed by atoms with E-state index in [9.17, 15) is 0 Å². The molecule has 24 heavy (non-hydrogen) atoms. The Balaban J connectivity index is 0.00000288. The molecule has 1 aromatic rings. The van der Waals surface area contributed by atoms with Gasteiger partial charge >= 0.3 is 0 Å². The molecule has 1 fully saturated rings. The highest BCUT2D eigenvalue weighted by Crippen LogP contribution is 2.33. The van der Waals surface area contributed by atoms with Crippen LogP contribution < -0.4 is 5.32 Å². The molecule has 1 N–H and O–H groups in total. The van der Waals surface area contributed by atoms with E-state index in [1.165, 1.54) is 25.7 Å². The number of aromatic nitrogens is 1. The van der Waals surface area contributed by atoms with Crippen LogP contribution in [0.5, 0.6) is 0 Å². The smallest absolute Gasteiger partial charge is 0.193 e. The average Bonchev–Trinajstić information content (AvgIpc) is 2.55. The van der Waals surface area contributed by atoms with Gasteiger partial charge in [-0.05, 0) is 43.7 Å². The number of piperidine rings is 1. The molecule has 0 aromatic carbocycles. The number of hydrogen-bond donors (Lipinski definition) is 1. The van der Waals surface area contributed by atoms with E-state index in [0.29, 0.717) is 5.41 Å². The third-order valence-corrected chi connectivity index (χ3v) is 4.62. The maximum atomic E-state index is 4.85. The molecule has 1 saturated heterocycles. The normalized spacial score (nSPS) is 21.3. The first kappa shape index (κ1) is 21.2. The Kier molecular flexibility index (Phi) is 9.63. The van der Waals surface area contributed by atoms with Gasteiger partial charge in [0.1, 0.15) is 0 Å². The minimum atomic E-state index is 0. The second-order valence-electron chi connectivity index (χ2n) is 6.89. The van der Waals surface area contributed by atoms with E-state index in [1.54, 1.807) is 0 Å². The van der Waals surface area contributed by atoms with E-state index in [2.05, 4.69) is 42.0 Å². The standard InChI is InChI=1S/C19H32N4.HI/c1-4-11-19(3)12-8-15-23(16-19)18(20-5-2)22-14-10-17-9-6-7-13-21-17;/h6-7,9,13H,4-5,8,10-12,14-16H2,1-3H3,(H,20,22);1H. The van der Waals surface area contributed by atoms with Crippen LogP contribution in [0.4, 0.5) is 0 Å². The fourth-order valence-corrected chi connectivity index (χ4v) is 3.55. The molecule has 136 valence electrons. The van der Waals surface area contributed by atoms with Crippen molar-refractivity contribution in [3.05, 3.63) is 30.1 Å². The van der Waals surface area contributed by atoms with Crippen molar-refractivity contribution in [1.29, 1.82) is 0 Å². The second-order valence-corrected chi connectivity index (χ2v) is 6.89. The Morgan fingerprint density at radius 2 is 2.21 bits per heavy atom. The van der Waals surface area contributed by atoms with Crippen molar-refractivity contribution in [2.45, 2.75) is 52.9 Å². The third kappa shape index (κ3) is 6.57. The zero-order valence-corrected chi connectivity index (χ0v) is 17.8. The highest BCUT2D eigenvalue weighted by Gasteiger charge is 2.31. The highest BCUT2D eigenvalue weighted by molar-refractivity contribution is 14.0. The third-order valence-electron chi connectivity index (χ3n) is 4.62. The van der Waals surface area contributed by atoms with Crippen LogP contribution in [0.25, 0.3) is 0 Å². The molecule has 1 unspecified atom stereocenters. The van der Waals surface area contributed by atoms with Gasteiger partial charge in [0.25, 0.3) is 0 Å². The lowest BCUT2D eigenvalue weighted by Gasteiger charge is -2.42. The number of nitrogens with zero attached hydrogens (tertiary/aromatic N) is 3. The summed E-state index contributed by atoms with van der Waals surface area (Å²) in [6, 6.07) is 6.07. The number of guanidine groups is 1. The molecule has 0 saturated carbocycles. The van der Waals surface area contributed by atoms with Gasteiger partial charge in [-0.15, -0.1) is 24.0 Å². The Labute approximate surface area is 164 Å². The summed E-state index contributed by atoms with van der Waals surface area (Å²) in [7, 11) is 0. The minimum Gasteiger partial charge on any atom is -0.357 e. The van der Waals surface area contributed by atoms with E-state index in [0.717, 1.165) is 44.3 Å². The molecule has 1 aliphatic heterocycles. The number of rotatable bonds is 6. The molecule has 0 bridgehead atoms. The Hall–Kier alpha value is -0.850. The van der Waals surface area contributed by atoms with Gasteiger partial charge in [-0.25, -0.2) is 0 Å². The number of hydrogen-bond acceptors (Lipinski definition) is 2. The molecule has 0 spiro atoms. The molecular weight excluding hydrogens is 411 g/mol. The summed E-state index contributed by atoms with van der Waals surface area (Å²) in [5.41, 5.74) is 1.55. The molecule has 0 radical (unpaired) electrons. The van der Waals surface area contributed by atoms with Crippen molar-refractivity contribution >= 4 is 29.9 Å². The van der Waals surface area contributed by atoms with E-state index in [4.69, 9.17) is 4.99 Å². The van der Waals surface area contributed by atoms with Crippen molar-refractivity contribution < 1.29 is 0 Å². The van der Waals surface area contributed by atoms with Crippen molar-refractivity contribution in [3.8, 4) is 0 Å². The first-order chi connectivity index (χ1) is 11.2. The average molecular weight is 444 g/mol. The fraction of sp³-hybridized carbons (Fsp3) is 0.684.